The standard InChI is InChI=1S/C8H16N2O/c1-3-4-10-8(6-11)5-7(2)9-10/h8,11H,3-6H2,1-2H3. The Balaban J connectivity index is 2.46. The van der Waals surface area contributed by atoms with Crippen molar-refractivity contribution in [3.05, 3.63) is 0 Å². The van der Waals surface area contributed by atoms with Crippen LogP contribution in [0.1, 0.15) is 26.7 Å². The van der Waals surface area contributed by atoms with Crippen LogP contribution in [0.4, 0.5) is 0 Å². The number of rotatable bonds is 3. The summed E-state index contributed by atoms with van der Waals surface area (Å²) < 4.78 is 0. The lowest BCUT2D eigenvalue weighted by molar-refractivity contribution is 0.145. The lowest BCUT2D eigenvalue weighted by Gasteiger charge is -2.20. The molecule has 0 amide bonds. The van der Waals surface area contributed by atoms with Gasteiger partial charge in [-0.1, -0.05) is 6.92 Å². The lowest BCUT2D eigenvalue weighted by atomic mass is 10.2. The molecule has 1 aliphatic heterocycles. The third kappa shape index (κ3) is 1.93. The highest BCUT2D eigenvalue weighted by Gasteiger charge is 2.22. The molecule has 0 saturated heterocycles. The summed E-state index contributed by atoms with van der Waals surface area (Å²) in [5.74, 6) is 0. The Morgan fingerprint density at radius 1 is 1.73 bits per heavy atom. The van der Waals surface area contributed by atoms with Crippen LogP contribution >= 0.6 is 0 Å². The molecule has 3 heteroatoms. The zero-order valence-electron chi connectivity index (χ0n) is 7.25. The molecule has 0 saturated carbocycles. The van der Waals surface area contributed by atoms with Crippen LogP contribution in [0.3, 0.4) is 0 Å². The summed E-state index contributed by atoms with van der Waals surface area (Å²) in [6.45, 7) is 5.32. The van der Waals surface area contributed by atoms with Crippen molar-refractivity contribution in [1.29, 1.82) is 0 Å². The minimum atomic E-state index is 0.223. The molecule has 1 heterocycles. The zero-order valence-corrected chi connectivity index (χ0v) is 7.25. The maximum atomic E-state index is 8.97. The van der Waals surface area contributed by atoms with E-state index in [1.54, 1.807) is 0 Å². The van der Waals surface area contributed by atoms with Gasteiger partial charge in [-0.05, 0) is 13.3 Å². The molecule has 0 aromatic rings. The van der Waals surface area contributed by atoms with Crippen LogP contribution in [0, 0.1) is 0 Å². The van der Waals surface area contributed by atoms with Gasteiger partial charge in [-0.2, -0.15) is 5.10 Å². The number of nitrogens with zero attached hydrogens (tertiary/aromatic N) is 2. The second-order valence-corrected chi connectivity index (χ2v) is 3.04. The number of hydrogen-bond acceptors (Lipinski definition) is 3. The molecule has 0 spiro atoms. The smallest absolute Gasteiger partial charge is 0.0753 e. The molecule has 0 aromatic carbocycles. The van der Waals surface area contributed by atoms with Gasteiger partial charge in [0.2, 0.25) is 0 Å². The Morgan fingerprint density at radius 3 is 3.00 bits per heavy atom. The maximum Gasteiger partial charge on any atom is 0.0753 e. The van der Waals surface area contributed by atoms with Crippen molar-refractivity contribution >= 4 is 5.71 Å². The lowest BCUT2D eigenvalue weighted by Crippen LogP contribution is -2.30. The van der Waals surface area contributed by atoms with E-state index < -0.39 is 0 Å². The normalized spacial score (nSPS) is 24.1. The van der Waals surface area contributed by atoms with Gasteiger partial charge in [0, 0.05) is 18.7 Å². The van der Waals surface area contributed by atoms with Gasteiger partial charge in [0.25, 0.3) is 0 Å². The predicted octanol–water partition coefficient (Wildman–Crippen LogP) is 0.839. The average Bonchev–Trinajstić information content (AvgIpc) is 2.32. The first-order valence-electron chi connectivity index (χ1n) is 4.19. The maximum absolute atomic E-state index is 8.97. The molecule has 1 N–H and O–H groups in total. The highest BCUT2D eigenvalue weighted by Crippen LogP contribution is 2.14. The van der Waals surface area contributed by atoms with E-state index in [1.807, 2.05) is 11.9 Å². The summed E-state index contributed by atoms with van der Waals surface area (Å²) in [6.07, 6.45) is 2.02. The Labute approximate surface area is 67.7 Å². The Morgan fingerprint density at radius 2 is 2.45 bits per heavy atom. The highest BCUT2D eigenvalue weighted by molar-refractivity contribution is 5.83. The van der Waals surface area contributed by atoms with Gasteiger partial charge >= 0.3 is 0 Å². The van der Waals surface area contributed by atoms with Crippen molar-refractivity contribution in [3.63, 3.8) is 0 Å². The average molecular weight is 156 g/mol. The molecule has 1 aliphatic rings. The van der Waals surface area contributed by atoms with E-state index in [0.717, 1.165) is 25.1 Å². The highest BCUT2D eigenvalue weighted by atomic mass is 16.3. The fourth-order valence-electron chi connectivity index (χ4n) is 1.41. The van der Waals surface area contributed by atoms with Crippen molar-refractivity contribution < 1.29 is 5.11 Å². The number of aliphatic hydroxyl groups is 1. The zero-order chi connectivity index (χ0) is 8.27. The number of aliphatic hydroxyl groups excluding tert-OH is 1. The summed E-state index contributed by atoms with van der Waals surface area (Å²) in [5, 5.41) is 15.3. The van der Waals surface area contributed by atoms with E-state index in [9.17, 15) is 0 Å². The van der Waals surface area contributed by atoms with Gasteiger partial charge < -0.3 is 5.11 Å². The molecule has 1 atom stereocenters. The van der Waals surface area contributed by atoms with E-state index in [2.05, 4.69) is 12.0 Å². The van der Waals surface area contributed by atoms with Crippen LogP contribution in [-0.2, 0) is 0 Å². The van der Waals surface area contributed by atoms with Crippen LogP contribution in [-0.4, -0.2) is 35.0 Å². The topological polar surface area (TPSA) is 35.8 Å². The molecule has 0 aliphatic carbocycles. The van der Waals surface area contributed by atoms with Crippen LogP contribution in [0.5, 0.6) is 0 Å². The summed E-state index contributed by atoms with van der Waals surface area (Å²) in [6, 6.07) is 0.245. The number of hydrazone groups is 1. The first-order valence-corrected chi connectivity index (χ1v) is 4.19. The molecule has 11 heavy (non-hydrogen) atoms. The second-order valence-electron chi connectivity index (χ2n) is 3.04. The largest absolute Gasteiger partial charge is 0.394 e. The molecule has 3 nitrogen and oxygen atoms in total. The Hall–Kier alpha value is -0.570. The van der Waals surface area contributed by atoms with Crippen LogP contribution in [0.2, 0.25) is 0 Å². The summed E-state index contributed by atoms with van der Waals surface area (Å²) in [5.41, 5.74) is 1.14. The van der Waals surface area contributed by atoms with Crippen molar-refractivity contribution in [3.8, 4) is 0 Å². The van der Waals surface area contributed by atoms with E-state index >= 15 is 0 Å². The van der Waals surface area contributed by atoms with Gasteiger partial charge in [-0.15, -0.1) is 0 Å². The molecule has 0 radical (unpaired) electrons. The fraction of sp³-hybridized carbons (Fsp3) is 0.875. The van der Waals surface area contributed by atoms with Crippen molar-refractivity contribution in [2.45, 2.75) is 32.7 Å². The predicted molar refractivity (Wildman–Crippen MR) is 45.6 cm³/mol. The number of hydrogen-bond donors (Lipinski definition) is 1. The van der Waals surface area contributed by atoms with Crippen molar-refractivity contribution in [2.24, 2.45) is 5.10 Å². The summed E-state index contributed by atoms with van der Waals surface area (Å²) in [4.78, 5) is 0. The molecule has 1 rings (SSSR count). The molecular formula is C8H16N2O. The van der Waals surface area contributed by atoms with E-state index in [1.165, 1.54) is 0 Å². The van der Waals surface area contributed by atoms with Gasteiger partial charge in [0.15, 0.2) is 0 Å². The quantitative estimate of drug-likeness (QED) is 0.657. The third-order valence-electron chi connectivity index (χ3n) is 1.92. The first-order chi connectivity index (χ1) is 5.27. The molecule has 64 valence electrons. The first kappa shape index (κ1) is 8.53. The Bertz CT molecular complexity index is 156. The van der Waals surface area contributed by atoms with Gasteiger partial charge in [-0.3, -0.25) is 5.01 Å². The molecular weight excluding hydrogens is 140 g/mol. The summed E-state index contributed by atoms with van der Waals surface area (Å²) >= 11 is 0. The molecule has 1 unspecified atom stereocenters. The summed E-state index contributed by atoms with van der Waals surface area (Å²) in [7, 11) is 0. The SMILES string of the molecule is CCCN1N=C(C)CC1CO. The molecule has 0 aromatic heterocycles. The van der Waals surface area contributed by atoms with Gasteiger partial charge in [0.05, 0.1) is 12.6 Å². The monoisotopic (exact) mass is 156 g/mol. The van der Waals surface area contributed by atoms with Crippen LogP contribution in [0.25, 0.3) is 0 Å². The van der Waals surface area contributed by atoms with Crippen LogP contribution in [0.15, 0.2) is 5.10 Å². The molecule has 0 bridgehead atoms. The third-order valence-corrected chi connectivity index (χ3v) is 1.92. The minimum Gasteiger partial charge on any atom is -0.394 e. The van der Waals surface area contributed by atoms with Crippen molar-refractivity contribution in [2.75, 3.05) is 13.2 Å². The molecule has 0 fully saturated rings. The van der Waals surface area contributed by atoms with E-state index in [4.69, 9.17) is 5.11 Å². The second kappa shape index (κ2) is 3.72. The van der Waals surface area contributed by atoms with Gasteiger partial charge in [0.1, 0.15) is 0 Å². The fourth-order valence-corrected chi connectivity index (χ4v) is 1.41. The minimum absolute atomic E-state index is 0.223. The van der Waals surface area contributed by atoms with E-state index in [0.29, 0.717) is 0 Å². The van der Waals surface area contributed by atoms with Gasteiger partial charge in [-0.25, -0.2) is 0 Å². The van der Waals surface area contributed by atoms with E-state index in [-0.39, 0.29) is 12.6 Å². The Kier molecular flexibility index (Phi) is 2.88. The van der Waals surface area contributed by atoms with Crippen LogP contribution < -0.4 is 0 Å². The van der Waals surface area contributed by atoms with Crippen molar-refractivity contribution in [1.82, 2.24) is 5.01 Å².